The summed E-state index contributed by atoms with van der Waals surface area (Å²) in [6.45, 7) is 1.57. The van der Waals surface area contributed by atoms with Crippen molar-refractivity contribution in [2.45, 2.75) is 31.6 Å². The van der Waals surface area contributed by atoms with Gasteiger partial charge < -0.3 is 5.32 Å². The Morgan fingerprint density at radius 2 is 1.77 bits per heavy atom. The van der Waals surface area contributed by atoms with Crippen molar-refractivity contribution in [1.29, 1.82) is 0 Å². The van der Waals surface area contributed by atoms with Crippen LogP contribution in [0.5, 0.6) is 0 Å². The molecule has 2 heterocycles. The fourth-order valence-electron chi connectivity index (χ4n) is 2.97. The summed E-state index contributed by atoms with van der Waals surface area (Å²) in [6.07, 6.45) is 4.62. The third-order valence-electron chi connectivity index (χ3n) is 4.43. The monoisotopic (exact) mass is 373 g/mol. The average Bonchev–Trinajstić information content (AvgIpc) is 2.68. The van der Waals surface area contributed by atoms with E-state index in [0.717, 1.165) is 25.0 Å². The molecule has 1 saturated heterocycles. The molecular formula is C19H23N3O3S. The van der Waals surface area contributed by atoms with E-state index in [-0.39, 0.29) is 11.7 Å². The number of sulfonamides is 1. The van der Waals surface area contributed by atoms with Crippen LogP contribution in [0.2, 0.25) is 0 Å². The molecule has 0 saturated carbocycles. The highest BCUT2D eigenvalue weighted by Crippen LogP contribution is 2.17. The van der Waals surface area contributed by atoms with Gasteiger partial charge in [-0.25, -0.2) is 12.7 Å². The number of pyridine rings is 1. The normalized spacial score (nSPS) is 15.5. The van der Waals surface area contributed by atoms with Crippen LogP contribution in [0.3, 0.4) is 0 Å². The highest BCUT2D eigenvalue weighted by molar-refractivity contribution is 7.88. The van der Waals surface area contributed by atoms with Gasteiger partial charge in [0, 0.05) is 24.8 Å². The van der Waals surface area contributed by atoms with Crippen LogP contribution in [0.15, 0.2) is 48.7 Å². The zero-order valence-corrected chi connectivity index (χ0v) is 15.4. The fourth-order valence-corrected chi connectivity index (χ4v) is 4.58. The summed E-state index contributed by atoms with van der Waals surface area (Å²) < 4.78 is 26.5. The van der Waals surface area contributed by atoms with Gasteiger partial charge in [-0.3, -0.25) is 9.78 Å². The largest absolute Gasteiger partial charge is 0.346 e. The summed E-state index contributed by atoms with van der Waals surface area (Å²) in [5.41, 5.74) is 1.97. The van der Waals surface area contributed by atoms with Gasteiger partial charge in [-0.1, -0.05) is 24.6 Å². The minimum Gasteiger partial charge on any atom is -0.346 e. The number of hydrogen-bond acceptors (Lipinski definition) is 4. The molecule has 1 aliphatic rings. The first kappa shape index (κ1) is 18.5. The first-order valence-corrected chi connectivity index (χ1v) is 10.4. The standard InChI is InChI=1S/C19H23N3O3S/c23-19(21-14-18-6-2-3-11-20-18)17-9-7-16(8-10-17)15-26(24,25)22-12-4-1-5-13-22/h2-3,6-11H,1,4-5,12-15H2,(H,21,23). The lowest BCUT2D eigenvalue weighted by atomic mass is 10.1. The smallest absolute Gasteiger partial charge is 0.251 e. The topological polar surface area (TPSA) is 79.4 Å². The lowest BCUT2D eigenvalue weighted by Crippen LogP contribution is -2.36. The molecule has 26 heavy (non-hydrogen) atoms. The fraction of sp³-hybridized carbons (Fsp3) is 0.368. The third-order valence-corrected chi connectivity index (χ3v) is 6.28. The quantitative estimate of drug-likeness (QED) is 0.843. The second-order valence-corrected chi connectivity index (χ2v) is 8.39. The van der Waals surface area contributed by atoms with Crippen LogP contribution in [0.25, 0.3) is 0 Å². The van der Waals surface area contributed by atoms with E-state index >= 15 is 0 Å². The van der Waals surface area contributed by atoms with E-state index in [2.05, 4.69) is 10.3 Å². The van der Waals surface area contributed by atoms with E-state index in [4.69, 9.17) is 0 Å². The summed E-state index contributed by atoms with van der Waals surface area (Å²) >= 11 is 0. The van der Waals surface area contributed by atoms with E-state index in [1.54, 1.807) is 34.8 Å². The van der Waals surface area contributed by atoms with Gasteiger partial charge in [0.05, 0.1) is 18.0 Å². The Kier molecular flexibility index (Phi) is 6.00. The summed E-state index contributed by atoms with van der Waals surface area (Å²) in [7, 11) is -3.29. The van der Waals surface area contributed by atoms with E-state index in [9.17, 15) is 13.2 Å². The van der Waals surface area contributed by atoms with Crippen molar-refractivity contribution in [3.8, 4) is 0 Å². The van der Waals surface area contributed by atoms with Crippen LogP contribution >= 0.6 is 0 Å². The minimum atomic E-state index is -3.29. The van der Waals surface area contributed by atoms with Crippen LogP contribution in [-0.2, 0) is 22.3 Å². The molecule has 0 atom stereocenters. The highest BCUT2D eigenvalue weighted by atomic mass is 32.2. The zero-order valence-electron chi connectivity index (χ0n) is 14.6. The van der Waals surface area contributed by atoms with Gasteiger partial charge >= 0.3 is 0 Å². The Morgan fingerprint density at radius 1 is 1.04 bits per heavy atom. The van der Waals surface area contributed by atoms with Gasteiger partial charge in [-0.2, -0.15) is 0 Å². The molecule has 138 valence electrons. The van der Waals surface area contributed by atoms with Gasteiger partial charge in [-0.15, -0.1) is 0 Å². The molecule has 0 unspecified atom stereocenters. The summed E-state index contributed by atoms with van der Waals surface area (Å²) in [5, 5.41) is 2.81. The zero-order chi connectivity index (χ0) is 18.4. The highest BCUT2D eigenvalue weighted by Gasteiger charge is 2.24. The van der Waals surface area contributed by atoms with E-state index < -0.39 is 10.0 Å². The number of amides is 1. The average molecular weight is 373 g/mol. The second kappa shape index (κ2) is 8.42. The predicted octanol–water partition coefficient (Wildman–Crippen LogP) is 2.33. The molecule has 6 nitrogen and oxygen atoms in total. The maximum atomic E-state index is 12.5. The van der Waals surface area contributed by atoms with Gasteiger partial charge in [0.1, 0.15) is 0 Å². The van der Waals surface area contributed by atoms with Crippen LogP contribution in [0.4, 0.5) is 0 Å². The lowest BCUT2D eigenvalue weighted by molar-refractivity contribution is 0.0950. The number of nitrogens with one attached hydrogen (secondary N) is 1. The number of hydrogen-bond donors (Lipinski definition) is 1. The molecular weight excluding hydrogens is 350 g/mol. The molecule has 1 amide bonds. The Balaban J connectivity index is 1.58. The van der Waals surface area contributed by atoms with Gasteiger partial charge in [0.2, 0.25) is 10.0 Å². The molecule has 1 aromatic heterocycles. The molecule has 0 spiro atoms. The van der Waals surface area contributed by atoms with E-state index in [0.29, 0.717) is 30.8 Å². The summed E-state index contributed by atoms with van der Waals surface area (Å²) in [4.78, 5) is 16.4. The SMILES string of the molecule is O=C(NCc1ccccn1)c1ccc(CS(=O)(=O)N2CCCCC2)cc1. The van der Waals surface area contributed by atoms with Crippen molar-refractivity contribution in [2.75, 3.05) is 13.1 Å². The molecule has 0 aliphatic carbocycles. The molecule has 0 bridgehead atoms. The van der Waals surface area contributed by atoms with Crippen LogP contribution < -0.4 is 5.32 Å². The number of benzene rings is 1. The van der Waals surface area contributed by atoms with Crippen molar-refractivity contribution in [1.82, 2.24) is 14.6 Å². The Labute approximate surface area is 154 Å². The van der Waals surface area contributed by atoms with E-state index in [1.807, 2.05) is 18.2 Å². The Bertz CT molecular complexity index is 830. The van der Waals surface area contributed by atoms with Gasteiger partial charge in [-0.05, 0) is 42.7 Å². The van der Waals surface area contributed by atoms with E-state index in [1.165, 1.54) is 0 Å². The molecule has 7 heteroatoms. The number of rotatable bonds is 6. The molecule has 1 aliphatic heterocycles. The molecule has 2 aromatic rings. The molecule has 3 rings (SSSR count). The van der Waals surface area contributed by atoms with Gasteiger partial charge in [0.25, 0.3) is 5.91 Å². The lowest BCUT2D eigenvalue weighted by Gasteiger charge is -2.25. The molecule has 1 aromatic carbocycles. The second-order valence-electron chi connectivity index (χ2n) is 6.42. The van der Waals surface area contributed by atoms with Crippen molar-refractivity contribution < 1.29 is 13.2 Å². The van der Waals surface area contributed by atoms with Crippen molar-refractivity contribution in [3.63, 3.8) is 0 Å². The minimum absolute atomic E-state index is 0.0250. The van der Waals surface area contributed by atoms with Crippen LogP contribution in [-0.4, -0.2) is 36.7 Å². The van der Waals surface area contributed by atoms with Crippen molar-refractivity contribution >= 4 is 15.9 Å². The number of nitrogens with zero attached hydrogens (tertiary/aromatic N) is 2. The first-order valence-electron chi connectivity index (χ1n) is 8.79. The molecule has 0 radical (unpaired) electrons. The summed E-state index contributed by atoms with van der Waals surface area (Å²) in [5.74, 6) is -0.232. The van der Waals surface area contributed by atoms with Crippen LogP contribution in [0.1, 0.15) is 40.9 Å². The number of carbonyl (C=O) groups excluding carboxylic acids is 1. The molecule has 1 N–H and O–H groups in total. The third kappa shape index (κ3) is 4.89. The Hall–Kier alpha value is -2.25. The number of carbonyl (C=O) groups is 1. The van der Waals surface area contributed by atoms with Crippen molar-refractivity contribution in [3.05, 3.63) is 65.5 Å². The first-order chi connectivity index (χ1) is 12.5. The molecule has 1 fully saturated rings. The van der Waals surface area contributed by atoms with Crippen molar-refractivity contribution in [2.24, 2.45) is 0 Å². The maximum absolute atomic E-state index is 12.5. The maximum Gasteiger partial charge on any atom is 0.251 e. The van der Waals surface area contributed by atoms with Gasteiger partial charge in [0.15, 0.2) is 0 Å². The summed E-state index contributed by atoms with van der Waals surface area (Å²) in [6, 6.07) is 12.3. The number of piperidine rings is 1. The van der Waals surface area contributed by atoms with Crippen LogP contribution in [0, 0.1) is 0 Å². The Morgan fingerprint density at radius 3 is 2.42 bits per heavy atom. The predicted molar refractivity (Wildman–Crippen MR) is 99.9 cm³/mol. The number of aromatic nitrogens is 1.